The van der Waals surface area contributed by atoms with E-state index < -0.39 is 11.9 Å². The lowest BCUT2D eigenvalue weighted by atomic mass is 9.98. The minimum absolute atomic E-state index is 0.00264. The maximum atomic E-state index is 11.7. The van der Waals surface area contributed by atoms with Crippen LogP contribution in [0.1, 0.15) is 31.8 Å². The zero-order valence-electron chi connectivity index (χ0n) is 11.8. The number of hydrogen-bond donors (Lipinski definition) is 3. The largest absolute Gasteiger partial charge is 0.507 e. The Morgan fingerprint density at radius 2 is 1.91 bits per heavy atom. The molecule has 0 amide bonds. The molecule has 0 saturated heterocycles. The quantitative estimate of drug-likeness (QED) is 0.591. The molecule has 2 aromatic carbocycles. The molecular weight excluding hydrogens is 304 g/mol. The zero-order valence-corrected chi connectivity index (χ0v) is 11.8. The molecule has 0 bridgehead atoms. The summed E-state index contributed by atoms with van der Waals surface area (Å²) in [7, 11) is 0. The van der Waals surface area contributed by atoms with E-state index in [0.29, 0.717) is 16.5 Å². The Balaban J connectivity index is 2.29. The second-order valence-corrected chi connectivity index (χ2v) is 5.40. The van der Waals surface area contributed by atoms with Crippen molar-refractivity contribution in [2.24, 2.45) is 0 Å². The molecule has 0 spiro atoms. The number of benzene rings is 2. The Morgan fingerprint density at radius 1 is 1.17 bits per heavy atom. The summed E-state index contributed by atoms with van der Waals surface area (Å²) in [5.74, 6) is -2.32. The van der Waals surface area contributed by atoms with Crippen LogP contribution in [-0.2, 0) is 11.3 Å². The van der Waals surface area contributed by atoms with Crippen molar-refractivity contribution in [2.45, 2.75) is 13.5 Å². The molecule has 7 nitrogen and oxygen atoms in total. The molecule has 23 heavy (non-hydrogen) atoms. The van der Waals surface area contributed by atoms with Gasteiger partial charge < -0.3 is 24.5 Å². The Morgan fingerprint density at radius 3 is 2.61 bits per heavy atom. The van der Waals surface area contributed by atoms with Crippen molar-refractivity contribution in [2.75, 3.05) is 0 Å². The number of carbonyl (C=O) groups is 2. The highest BCUT2D eigenvalue weighted by atomic mass is 16.5. The van der Waals surface area contributed by atoms with Crippen LogP contribution >= 0.6 is 0 Å². The van der Waals surface area contributed by atoms with Crippen molar-refractivity contribution in [1.29, 1.82) is 0 Å². The number of phenolic OH excluding ortho intramolecular Hbond substituents is 2. The van der Waals surface area contributed by atoms with Gasteiger partial charge in [0.15, 0.2) is 5.58 Å². The molecule has 0 saturated carbocycles. The summed E-state index contributed by atoms with van der Waals surface area (Å²) in [6.07, 6.45) is 0. The lowest BCUT2D eigenvalue weighted by Gasteiger charge is -2.04. The number of rotatable bonds is 1. The zero-order chi connectivity index (χ0) is 16.5. The Bertz CT molecular complexity index is 1040. The predicted octanol–water partition coefficient (Wildman–Crippen LogP) is 2.67. The first kappa shape index (κ1) is 13.4. The molecule has 0 unspecified atom stereocenters. The molecular formula is C16H10O7. The van der Waals surface area contributed by atoms with Gasteiger partial charge in [0.2, 0.25) is 0 Å². The molecule has 0 fully saturated rings. The summed E-state index contributed by atoms with van der Waals surface area (Å²) in [5.41, 5.74) is 0.827. The molecule has 116 valence electrons. The summed E-state index contributed by atoms with van der Waals surface area (Å²) in [5, 5.41) is 30.2. The third-order valence-electron chi connectivity index (χ3n) is 4.06. The molecule has 0 radical (unpaired) electrons. The Labute approximate surface area is 128 Å². The van der Waals surface area contributed by atoms with E-state index in [1.165, 1.54) is 12.1 Å². The number of carbonyl (C=O) groups excluding carboxylic acids is 1. The highest BCUT2D eigenvalue weighted by Gasteiger charge is 2.32. The lowest BCUT2D eigenvalue weighted by molar-refractivity contribution is 0.0533. The van der Waals surface area contributed by atoms with E-state index in [2.05, 4.69) is 0 Å². The number of furan rings is 1. The molecule has 3 aromatic rings. The molecule has 7 heteroatoms. The molecule has 3 N–H and O–H groups in total. The van der Waals surface area contributed by atoms with Crippen molar-refractivity contribution in [1.82, 2.24) is 0 Å². The predicted molar refractivity (Wildman–Crippen MR) is 77.9 cm³/mol. The molecule has 1 aromatic heterocycles. The molecule has 0 atom stereocenters. The third kappa shape index (κ3) is 1.58. The van der Waals surface area contributed by atoms with Gasteiger partial charge in [-0.05, 0) is 18.6 Å². The Kier molecular flexibility index (Phi) is 2.43. The number of aromatic hydroxyl groups is 2. The number of ether oxygens (including phenoxy) is 1. The number of phenols is 2. The number of hydrogen-bond acceptors (Lipinski definition) is 6. The van der Waals surface area contributed by atoms with Gasteiger partial charge in [-0.1, -0.05) is 0 Å². The van der Waals surface area contributed by atoms with Gasteiger partial charge in [0.1, 0.15) is 34.8 Å². The van der Waals surface area contributed by atoms with Crippen molar-refractivity contribution >= 4 is 33.9 Å². The molecule has 2 heterocycles. The highest BCUT2D eigenvalue weighted by molar-refractivity contribution is 6.18. The van der Waals surface area contributed by atoms with Crippen LogP contribution in [0.2, 0.25) is 0 Å². The fraction of sp³-hybridized carbons (Fsp3) is 0.125. The van der Waals surface area contributed by atoms with E-state index in [4.69, 9.17) is 9.15 Å². The average Bonchev–Trinajstić information content (AvgIpc) is 2.99. The minimum atomic E-state index is -1.19. The summed E-state index contributed by atoms with van der Waals surface area (Å²) in [6.45, 7) is 1.47. The van der Waals surface area contributed by atoms with Crippen molar-refractivity contribution in [3.05, 3.63) is 34.4 Å². The number of carboxylic acid groups (broad SMARTS) is 1. The first-order valence-corrected chi connectivity index (χ1v) is 6.74. The molecule has 1 aliphatic rings. The van der Waals surface area contributed by atoms with E-state index in [9.17, 15) is 24.9 Å². The SMILES string of the molecule is Cc1cc(O)c2c(oc3cc(O)c4c(c32)COC4=O)c1C(=O)O. The van der Waals surface area contributed by atoms with Crippen LogP contribution in [0.3, 0.4) is 0 Å². The number of aryl methyl sites for hydroxylation is 1. The summed E-state index contributed by atoms with van der Waals surface area (Å²) in [6, 6.07) is 2.55. The Hall–Kier alpha value is -3.22. The normalized spacial score (nSPS) is 13.5. The standard InChI is InChI=1S/C16H10O7/c1-5-2-7(17)13-12-6-4-22-16(21)11(6)8(18)3-9(12)23-14(13)10(5)15(19)20/h2-3,17-18H,4H2,1H3,(H,19,20). The van der Waals surface area contributed by atoms with Crippen LogP contribution in [-0.4, -0.2) is 27.3 Å². The number of esters is 1. The van der Waals surface area contributed by atoms with Gasteiger partial charge in [-0.15, -0.1) is 0 Å². The topological polar surface area (TPSA) is 117 Å². The van der Waals surface area contributed by atoms with Crippen molar-refractivity contribution < 1.29 is 34.1 Å². The number of cyclic esters (lactones) is 1. The first-order valence-electron chi connectivity index (χ1n) is 6.74. The summed E-state index contributed by atoms with van der Waals surface area (Å²) >= 11 is 0. The lowest BCUT2D eigenvalue weighted by Crippen LogP contribution is -2.00. The first-order chi connectivity index (χ1) is 10.9. The van der Waals surface area contributed by atoms with Gasteiger partial charge in [-0.25, -0.2) is 9.59 Å². The number of carboxylic acids is 1. The van der Waals surface area contributed by atoms with Gasteiger partial charge in [-0.2, -0.15) is 0 Å². The van der Waals surface area contributed by atoms with E-state index in [1.54, 1.807) is 6.92 Å². The van der Waals surface area contributed by atoms with Crippen LogP contribution < -0.4 is 0 Å². The van der Waals surface area contributed by atoms with E-state index >= 15 is 0 Å². The maximum absolute atomic E-state index is 11.7. The van der Waals surface area contributed by atoms with E-state index in [1.807, 2.05) is 0 Å². The third-order valence-corrected chi connectivity index (χ3v) is 4.06. The molecule has 0 aliphatic carbocycles. The highest BCUT2D eigenvalue weighted by Crippen LogP contribution is 2.44. The van der Waals surface area contributed by atoms with Gasteiger partial charge >= 0.3 is 11.9 Å². The fourth-order valence-corrected chi connectivity index (χ4v) is 3.12. The maximum Gasteiger partial charge on any atom is 0.342 e. The molecule has 4 rings (SSSR count). The summed E-state index contributed by atoms with van der Waals surface area (Å²) in [4.78, 5) is 23.2. The van der Waals surface area contributed by atoms with Gasteiger partial charge in [0.25, 0.3) is 0 Å². The monoisotopic (exact) mass is 314 g/mol. The molecule has 1 aliphatic heterocycles. The number of fused-ring (bicyclic) bond motifs is 5. The minimum Gasteiger partial charge on any atom is -0.507 e. The second kappa shape index (κ2) is 4.16. The van der Waals surface area contributed by atoms with Crippen LogP contribution in [0.25, 0.3) is 21.9 Å². The van der Waals surface area contributed by atoms with Crippen LogP contribution in [0.4, 0.5) is 0 Å². The van der Waals surface area contributed by atoms with Gasteiger partial charge in [-0.3, -0.25) is 0 Å². The average molecular weight is 314 g/mol. The van der Waals surface area contributed by atoms with Crippen molar-refractivity contribution in [3.63, 3.8) is 0 Å². The number of aromatic carboxylic acids is 1. The van der Waals surface area contributed by atoms with Crippen LogP contribution in [0.15, 0.2) is 16.5 Å². The van der Waals surface area contributed by atoms with Crippen LogP contribution in [0, 0.1) is 6.92 Å². The van der Waals surface area contributed by atoms with E-state index in [0.717, 1.165) is 0 Å². The van der Waals surface area contributed by atoms with Crippen molar-refractivity contribution in [3.8, 4) is 11.5 Å². The van der Waals surface area contributed by atoms with E-state index in [-0.39, 0.29) is 45.8 Å². The summed E-state index contributed by atoms with van der Waals surface area (Å²) < 4.78 is 10.5. The van der Waals surface area contributed by atoms with Gasteiger partial charge in [0, 0.05) is 17.0 Å². The fourth-order valence-electron chi connectivity index (χ4n) is 3.12. The smallest absolute Gasteiger partial charge is 0.342 e. The van der Waals surface area contributed by atoms with Gasteiger partial charge in [0.05, 0.1) is 5.39 Å². The van der Waals surface area contributed by atoms with Crippen LogP contribution in [0.5, 0.6) is 11.5 Å². The second-order valence-electron chi connectivity index (χ2n) is 5.40.